The fourth-order valence-electron chi connectivity index (χ4n) is 0.784. The van der Waals surface area contributed by atoms with Gasteiger partial charge in [0.1, 0.15) is 5.15 Å². The zero-order chi connectivity index (χ0) is 8.27. The van der Waals surface area contributed by atoms with Gasteiger partial charge < -0.3 is 10.2 Å². The van der Waals surface area contributed by atoms with Crippen molar-refractivity contribution in [2.24, 2.45) is 0 Å². The maximum atomic E-state index is 8.75. The Balaban J connectivity index is 3.06. The molecule has 3 nitrogen and oxygen atoms in total. The minimum absolute atomic E-state index is 0.125. The molecule has 0 aliphatic carbocycles. The predicted octanol–water partition coefficient (Wildman–Crippen LogP) is 0.720. The number of rotatable bonds is 2. The lowest BCUT2D eigenvalue weighted by Gasteiger charge is -2.02. The summed E-state index contributed by atoms with van der Waals surface area (Å²) in [4.78, 5) is 3.82. The Kier molecular flexibility index (Phi) is 2.82. The van der Waals surface area contributed by atoms with E-state index in [0.29, 0.717) is 16.4 Å². The van der Waals surface area contributed by atoms with Crippen LogP contribution in [0.5, 0.6) is 0 Å². The fourth-order valence-corrected chi connectivity index (χ4v) is 0.949. The molecule has 0 aromatic carbocycles. The molecule has 0 aliphatic heterocycles. The van der Waals surface area contributed by atoms with Crippen molar-refractivity contribution < 1.29 is 10.2 Å². The van der Waals surface area contributed by atoms with E-state index in [9.17, 15) is 0 Å². The SMILES string of the molecule is OCc1ccc(Cl)nc1CO. The lowest BCUT2D eigenvalue weighted by Crippen LogP contribution is -1.97. The van der Waals surface area contributed by atoms with Gasteiger partial charge in [0.15, 0.2) is 0 Å². The number of aromatic nitrogens is 1. The summed E-state index contributed by atoms with van der Waals surface area (Å²) >= 11 is 5.55. The molecule has 11 heavy (non-hydrogen) atoms. The van der Waals surface area contributed by atoms with Gasteiger partial charge in [-0.2, -0.15) is 0 Å². The van der Waals surface area contributed by atoms with Gasteiger partial charge in [-0.15, -0.1) is 0 Å². The molecule has 0 saturated heterocycles. The molecular formula is C7H8ClNO2. The first-order valence-electron chi connectivity index (χ1n) is 3.14. The standard InChI is InChI=1S/C7H8ClNO2/c8-7-2-1-5(3-10)6(4-11)9-7/h1-2,10-11H,3-4H2. The minimum atomic E-state index is -0.198. The van der Waals surface area contributed by atoms with Crippen LogP contribution in [0.4, 0.5) is 0 Å². The van der Waals surface area contributed by atoms with Crippen LogP contribution in [0.3, 0.4) is 0 Å². The smallest absolute Gasteiger partial charge is 0.129 e. The maximum absolute atomic E-state index is 8.75. The molecule has 0 spiro atoms. The Morgan fingerprint density at radius 3 is 2.55 bits per heavy atom. The van der Waals surface area contributed by atoms with Crippen molar-refractivity contribution in [2.75, 3.05) is 0 Å². The molecule has 0 aliphatic rings. The third kappa shape index (κ3) is 1.89. The van der Waals surface area contributed by atoms with Crippen molar-refractivity contribution in [2.45, 2.75) is 13.2 Å². The van der Waals surface area contributed by atoms with Gasteiger partial charge in [0, 0.05) is 5.56 Å². The van der Waals surface area contributed by atoms with E-state index in [0.717, 1.165) is 0 Å². The van der Waals surface area contributed by atoms with E-state index in [4.69, 9.17) is 21.8 Å². The molecule has 0 atom stereocenters. The lowest BCUT2D eigenvalue weighted by molar-refractivity contribution is 0.256. The van der Waals surface area contributed by atoms with Crippen LogP contribution in [0.25, 0.3) is 0 Å². The van der Waals surface area contributed by atoms with Crippen LogP contribution in [0.2, 0.25) is 5.15 Å². The molecule has 2 N–H and O–H groups in total. The first-order chi connectivity index (χ1) is 5.27. The van der Waals surface area contributed by atoms with Gasteiger partial charge in [0.05, 0.1) is 18.9 Å². The number of hydrogen-bond donors (Lipinski definition) is 2. The largest absolute Gasteiger partial charge is 0.392 e. The van der Waals surface area contributed by atoms with Crippen LogP contribution < -0.4 is 0 Å². The van der Waals surface area contributed by atoms with Crippen LogP contribution in [0, 0.1) is 0 Å². The molecule has 0 bridgehead atoms. The van der Waals surface area contributed by atoms with E-state index < -0.39 is 0 Å². The zero-order valence-corrected chi connectivity index (χ0v) is 6.54. The monoisotopic (exact) mass is 173 g/mol. The molecular weight excluding hydrogens is 166 g/mol. The number of hydrogen-bond acceptors (Lipinski definition) is 3. The van der Waals surface area contributed by atoms with Crippen molar-refractivity contribution in [3.8, 4) is 0 Å². The van der Waals surface area contributed by atoms with Gasteiger partial charge >= 0.3 is 0 Å². The summed E-state index contributed by atoms with van der Waals surface area (Å²) in [5.41, 5.74) is 1.04. The van der Waals surface area contributed by atoms with Gasteiger partial charge in [-0.3, -0.25) is 0 Å². The summed E-state index contributed by atoms with van der Waals surface area (Å²) in [6, 6.07) is 3.22. The Labute approximate surface area is 69.3 Å². The van der Waals surface area contributed by atoms with Crippen LogP contribution >= 0.6 is 11.6 Å². The summed E-state index contributed by atoms with van der Waals surface area (Å²) in [6.07, 6.45) is 0. The Morgan fingerprint density at radius 2 is 2.00 bits per heavy atom. The predicted molar refractivity (Wildman–Crippen MR) is 41.1 cm³/mol. The summed E-state index contributed by atoms with van der Waals surface area (Å²) in [5.74, 6) is 0. The number of nitrogens with zero attached hydrogens (tertiary/aromatic N) is 1. The van der Waals surface area contributed by atoms with Gasteiger partial charge in [-0.25, -0.2) is 4.98 Å². The second-order valence-corrected chi connectivity index (χ2v) is 2.44. The van der Waals surface area contributed by atoms with Crippen molar-refractivity contribution >= 4 is 11.6 Å². The molecule has 60 valence electrons. The van der Waals surface area contributed by atoms with Crippen LogP contribution in [0.1, 0.15) is 11.3 Å². The highest BCUT2D eigenvalue weighted by Crippen LogP contribution is 2.11. The number of aliphatic hydroxyl groups excluding tert-OH is 2. The van der Waals surface area contributed by atoms with Gasteiger partial charge in [-0.1, -0.05) is 17.7 Å². The minimum Gasteiger partial charge on any atom is -0.392 e. The van der Waals surface area contributed by atoms with Crippen LogP contribution in [-0.2, 0) is 13.2 Å². The Hall–Kier alpha value is -0.640. The van der Waals surface area contributed by atoms with Crippen molar-refractivity contribution in [3.05, 3.63) is 28.5 Å². The van der Waals surface area contributed by atoms with Gasteiger partial charge in [0.2, 0.25) is 0 Å². The quantitative estimate of drug-likeness (QED) is 0.648. The molecule has 4 heteroatoms. The lowest BCUT2D eigenvalue weighted by atomic mass is 10.2. The normalized spacial score (nSPS) is 10.1. The Bertz CT molecular complexity index is 252. The fraction of sp³-hybridized carbons (Fsp3) is 0.286. The molecule has 1 aromatic rings. The average molecular weight is 174 g/mol. The zero-order valence-electron chi connectivity index (χ0n) is 5.79. The highest BCUT2D eigenvalue weighted by atomic mass is 35.5. The summed E-state index contributed by atoms with van der Waals surface area (Å²) in [7, 11) is 0. The third-order valence-electron chi connectivity index (χ3n) is 1.35. The number of halogens is 1. The Morgan fingerprint density at radius 1 is 1.27 bits per heavy atom. The highest BCUT2D eigenvalue weighted by molar-refractivity contribution is 6.29. The van der Waals surface area contributed by atoms with Crippen molar-refractivity contribution in [3.63, 3.8) is 0 Å². The second-order valence-electron chi connectivity index (χ2n) is 2.06. The molecule has 1 rings (SSSR count). The maximum Gasteiger partial charge on any atom is 0.129 e. The molecule has 0 fully saturated rings. The highest BCUT2D eigenvalue weighted by Gasteiger charge is 2.01. The van der Waals surface area contributed by atoms with Crippen LogP contribution in [0.15, 0.2) is 12.1 Å². The summed E-state index contributed by atoms with van der Waals surface area (Å²) in [6.45, 7) is -0.323. The average Bonchev–Trinajstić information content (AvgIpc) is 2.04. The van der Waals surface area contributed by atoms with E-state index >= 15 is 0 Å². The number of aliphatic hydroxyl groups is 2. The summed E-state index contributed by atoms with van der Waals surface area (Å²) < 4.78 is 0. The van der Waals surface area contributed by atoms with E-state index in [1.165, 1.54) is 0 Å². The van der Waals surface area contributed by atoms with Crippen molar-refractivity contribution in [1.29, 1.82) is 0 Å². The van der Waals surface area contributed by atoms with Gasteiger partial charge in [0.25, 0.3) is 0 Å². The van der Waals surface area contributed by atoms with E-state index in [-0.39, 0.29) is 13.2 Å². The van der Waals surface area contributed by atoms with Gasteiger partial charge in [-0.05, 0) is 6.07 Å². The molecule has 0 saturated carbocycles. The molecule has 0 radical (unpaired) electrons. The molecule has 0 unspecified atom stereocenters. The molecule has 0 amide bonds. The van der Waals surface area contributed by atoms with Crippen LogP contribution in [-0.4, -0.2) is 15.2 Å². The van der Waals surface area contributed by atoms with E-state index in [1.54, 1.807) is 12.1 Å². The van der Waals surface area contributed by atoms with Crippen molar-refractivity contribution in [1.82, 2.24) is 4.98 Å². The first kappa shape index (κ1) is 8.46. The van der Waals surface area contributed by atoms with E-state index in [1.807, 2.05) is 0 Å². The summed E-state index contributed by atoms with van der Waals surface area (Å²) in [5, 5.41) is 17.8. The third-order valence-corrected chi connectivity index (χ3v) is 1.57. The van der Waals surface area contributed by atoms with E-state index in [2.05, 4.69) is 4.98 Å². The molecule has 1 heterocycles. The number of pyridine rings is 1. The second kappa shape index (κ2) is 3.67. The topological polar surface area (TPSA) is 53.4 Å². The first-order valence-corrected chi connectivity index (χ1v) is 3.51. The molecule has 1 aromatic heterocycles.